The van der Waals surface area contributed by atoms with Crippen LogP contribution in [0.15, 0.2) is 30.6 Å². The van der Waals surface area contributed by atoms with Gasteiger partial charge in [0.05, 0.1) is 9.77 Å². The molecule has 5 heteroatoms. The highest BCUT2D eigenvalue weighted by Crippen LogP contribution is 2.16. The first-order valence-corrected chi connectivity index (χ1v) is 5.97. The minimum atomic E-state index is -0.273. The zero-order valence-electron chi connectivity index (χ0n) is 8.53. The summed E-state index contributed by atoms with van der Waals surface area (Å²) in [5, 5.41) is 4.07. The van der Waals surface area contributed by atoms with Crippen molar-refractivity contribution < 1.29 is 4.39 Å². The van der Waals surface area contributed by atoms with E-state index in [9.17, 15) is 4.39 Å². The Bertz CT molecular complexity index is 496. The second-order valence-corrected chi connectivity index (χ2v) is 4.67. The smallest absolute Gasteiger partial charge is 0.149 e. The molecular formula is C11H11FIN3. The largest absolute Gasteiger partial charge is 0.330 e. The molecule has 3 nitrogen and oxygen atoms in total. The molecule has 0 amide bonds. The minimum Gasteiger partial charge on any atom is -0.330 e. The van der Waals surface area contributed by atoms with Crippen LogP contribution < -0.4 is 5.73 Å². The Labute approximate surface area is 107 Å². The summed E-state index contributed by atoms with van der Waals surface area (Å²) in [7, 11) is 0. The van der Waals surface area contributed by atoms with Gasteiger partial charge < -0.3 is 5.73 Å². The molecule has 0 aliphatic carbocycles. The third kappa shape index (κ3) is 2.41. The highest BCUT2D eigenvalue weighted by molar-refractivity contribution is 14.1. The lowest BCUT2D eigenvalue weighted by Gasteiger charge is -2.05. The quantitative estimate of drug-likeness (QED) is 0.876. The number of nitrogens with two attached hydrogens (primary N) is 1. The van der Waals surface area contributed by atoms with Gasteiger partial charge in [-0.3, -0.25) is 0 Å². The average molecular weight is 331 g/mol. The number of hydrogen-bond donors (Lipinski definition) is 1. The molecule has 0 unspecified atom stereocenters. The van der Waals surface area contributed by atoms with E-state index >= 15 is 0 Å². The predicted molar refractivity (Wildman–Crippen MR) is 69.0 cm³/mol. The van der Waals surface area contributed by atoms with Crippen molar-refractivity contribution in [1.82, 2.24) is 9.78 Å². The van der Waals surface area contributed by atoms with Gasteiger partial charge in [-0.25, -0.2) is 9.07 Å². The number of rotatable bonds is 3. The van der Waals surface area contributed by atoms with Gasteiger partial charge in [-0.2, -0.15) is 5.10 Å². The van der Waals surface area contributed by atoms with Gasteiger partial charge in [-0.1, -0.05) is 6.07 Å². The van der Waals surface area contributed by atoms with Gasteiger partial charge in [0, 0.05) is 6.20 Å². The second-order valence-electron chi connectivity index (χ2n) is 3.43. The summed E-state index contributed by atoms with van der Waals surface area (Å²) in [5.41, 5.74) is 6.79. The van der Waals surface area contributed by atoms with Crippen molar-refractivity contribution in [3.05, 3.63) is 45.5 Å². The molecule has 2 N–H and O–H groups in total. The molecule has 1 aromatic heterocycles. The van der Waals surface area contributed by atoms with Crippen molar-refractivity contribution in [3.8, 4) is 5.69 Å². The number of halogens is 2. The van der Waals surface area contributed by atoms with Gasteiger partial charge >= 0.3 is 0 Å². The van der Waals surface area contributed by atoms with Crippen LogP contribution in [0, 0.1) is 9.39 Å². The lowest BCUT2D eigenvalue weighted by molar-refractivity contribution is 0.608. The van der Waals surface area contributed by atoms with Crippen molar-refractivity contribution in [2.45, 2.75) is 6.42 Å². The van der Waals surface area contributed by atoms with Crippen LogP contribution in [0.3, 0.4) is 0 Å². The molecule has 0 bridgehead atoms. The van der Waals surface area contributed by atoms with E-state index in [2.05, 4.69) is 27.7 Å². The fraction of sp³-hybridized carbons (Fsp3) is 0.182. The molecule has 0 aliphatic heterocycles. The van der Waals surface area contributed by atoms with E-state index in [0.29, 0.717) is 18.7 Å². The number of aromatic nitrogens is 2. The van der Waals surface area contributed by atoms with Crippen LogP contribution in [0.25, 0.3) is 5.69 Å². The summed E-state index contributed by atoms with van der Waals surface area (Å²) in [6.07, 6.45) is 4.16. The monoisotopic (exact) mass is 331 g/mol. The Morgan fingerprint density at radius 2 is 2.25 bits per heavy atom. The number of nitrogens with zero attached hydrogens (tertiary/aromatic N) is 2. The highest BCUT2D eigenvalue weighted by Gasteiger charge is 2.06. The lowest BCUT2D eigenvalue weighted by Crippen LogP contribution is -2.04. The molecule has 0 saturated heterocycles. The van der Waals surface area contributed by atoms with E-state index in [0.717, 1.165) is 9.13 Å². The van der Waals surface area contributed by atoms with Crippen LogP contribution >= 0.6 is 22.6 Å². The second kappa shape index (κ2) is 4.92. The first-order valence-electron chi connectivity index (χ1n) is 4.90. The molecule has 0 aliphatic rings. The Morgan fingerprint density at radius 1 is 1.44 bits per heavy atom. The van der Waals surface area contributed by atoms with E-state index in [-0.39, 0.29) is 5.82 Å². The van der Waals surface area contributed by atoms with E-state index in [1.807, 2.05) is 6.07 Å². The van der Waals surface area contributed by atoms with Crippen LogP contribution in [0.2, 0.25) is 0 Å². The Kier molecular flexibility index (Phi) is 3.55. The number of hydrogen-bond acceptors (Lipinski definition) is 2. The summed E-state index contributed by atoms with van der Waals surface area (Å²) >= 11 is 2.14. The highest BCUT2D eigenvalue weighted by atomic mass is 127. The van der Waals surface area contributed by atoms with E-state index in [1.165, 1.54) is 10.7 Å². The van der Waals surface area contributed by atoms with Crippen LogP contribution in [0.1, 0.15) is 5.56 Å². The van der Waals surface area contributed by atoms with Crippen molar-refractivity contribution >= 4 is 22.6 Å². The van der Waals surface area contributed by atoms with E-state index in [4.69, 9.17) is 5.73 Å². The van der Waals surface area contributed by atoms with Crippen molar-refractivity contribution in [2.24, 2.45) is 5.73 Å². The summed E-state index contributed by atoms with van der Waals surface area (Å²) in [6.45, 7) is 0.526. The molecule has 0 atom stereocenters. The summed E-state index contributed by atoms with van der Waals surface area (Å²) in [6, 6.07) is 5.11. The Balaban J connectivity index is 2.36. The molecule has 16 heavy (non-hydrogen) atoms. The molecule has 0 saturated carbocycles. The van der Waals surface area contributed by atoms with Gasteiger partial charge in [-0.05, 0) is 53.3 Å². The zero-order valence-corrected chi connectivity index (χ0v) is 10.7. The third-order valence-corrected chi connectivity index (χ3v) is 2.80. The Morgan fingerprint density at radius 3 is 2.81 bits per heavy atom. The molecule has 1 heterocycles. The molecule has 0 spiro atoms. The third-order valence-electron chi connectivity index (χ3n) is 2.24. The topological polar surface area (TPSA) is 43.8 Å². The van der Waals surface area contributed by atoms with Crippen LogP contribution in [-0.2, 0) is 6.42 Å². The lowest BCUT2D eigenvalue weighted by atomic mass is 10.1. The maximum atomic E-state index is 13.8. The molecule has 84 valence electrons. The SMILES string of the molecule is NCCc1ccc(-n2cc(I)cn2)c(F)c1. The summed E-state index contributed by atoms with van der Waals surface area (Å²) < 4.78 is 16.3. The Hall–Kier alpha value is -0.950. The maximum Gasteiger partial charge on any atom is 0.149 e. The van der Waals surface area contributed by atoms with Gasteiger partial charge in [0.1, 0.15) is 11.5 Å². The fourth-order valence-corrected chi connectivity index (χ4v) is 1.88. The molecule has 0 radical (unpaired) electrons. The fourth-order valence-electron chi connectivity index (χ4n) is 1.49. The minimum absolute atomic E-state index is 0.273. The average Bonchev–Trinajstić information content (AvgIpc) is 2.65. The standard InChI is InChI=1S/C11H11FIN3/c12-10-5-8(3-4-14)1-2-11(10)16-7-9(13)6-15-16/h1-2,5-7H,3-4,14H2. The van der Waals surface area contributed by atoms with Crippen molar-refractivity contribution in [2.75, 3.05) is 6.54 Å². The number of benzene rings is 1. The molecule has 1 aromatic carbocycles. The normalized spacial score (nSPS) is 10.7. The van der Waals surface area contributed by atoms with Crippen LogP contribution in [0.4, 0.5) is 4.39 Å². The first kappa shape index (κ1) is 11.5. The van der Waals surface area contributed by atoms with Gasteiger partial charge in [0.15, 0.2) is 0 Å². The molecule has 0 fully saturated rings. The molecule has 2 aromatic rings. The van der Waals surface area contributed by atoms with E-state index in [1.54, 1.807) is 18.5 Å². The summed E-state index contributed by atoms with van der Waals surface area (Å²) in [5.74, 6) is -0.273. The van der Waals surface area contributed by atoms with Crippen molar-refractivity contribution in [1.29, 1.82) is 0 Å². The van der Waals surface area contributed by atoms with Gasteiger partial charge in [-0.15, -0.1) is 0 Å². The first-order chi connectivity index (χ1) is 7.70. The molecular weight excluding hydrogens is 320 g/mol. The molecule has 2 rings (SSSR count). The summed E-state index contributed by atoms with van der Waals surface area (Å²) in [4.78, 5) is 0. The van der Waals surface area contributed by atoms with Crippen LogP contribution in [0.5, 0.6) is 0 Å². The van der Waals surface area contributed by atoms with E-state index < -0.39 is 0 Å². The maximum absolute atomic E-state index is 13.8. The zero-order chi connectivity index (χ0) is 11.5. The van der Waals surface area contributed by atoms with Crippen LogP contribution in [-0.4, -0.2) is 16.3 Å². The van der Waals surface area contributed by atoms with Crippen molar-refractivity contribution in [3.63, 3.8) is 0 Å². The van der Waals surface area contributed by atoms with Gasteiger partial charge in [0.25, 0.3) is 0 Å². The van der Waals surface area contributed by atoms with Gasteiger partial charge in [0.2, 0.25) is 0 Å². The predicted octanol–water partition coefficient (Wildman–Crippen LogP) is 2.12.